The third-order valence-corrected chi connectivity index (χ3v) is 4.61. The molecule has 0 aliphatic heterocycles. The molecule has 0 atom stereocenters. The van der Waals surface area contributed by atoms with Crippen molar-refractivity contribution >= 4 is 10.0 Å². The first kappa shape index (κ1) is 11.6. The Labute approximate surface area is 96.9 Å². The van der Waals surface area contributed by atoms with Crippen LogP contribution in [0.25, 0.3) is 0 Å². The van der Waals surface area contributed by atoms with Gasteiger partial charge in [0.1, 0.15) is 0 Å². The first-order valence-electron chi connectivity index (χ1n) is 5.73. The molecule has 0 spiro atoms. The zero-order chi connectivity index (χ0) is 11.6. The van der Waals surface area contributed by atoms with Crippen LogP contribution >= 0.6 is 0 Å². The molecule has 1 saturated carbocycles. The number of aryl methyl sites for hydroxylation is 1. The highest BCUT2D eigenvalue weighted by atomic mass is 32.2. The van der Waals surface area contributed by atoms with Crippen LogP contribution in [0.2, 0.25) is 0 Å². The highest BCUT2D eigenvalue weighted by molar-refractivity contribution is 7.89. The minimum atomic E-state index is -3.30. The van der Waals surface area contributed by atoms with E-state index in [9.17, 15) is 8.42 Å². The highest BCUT2D eigenvalue weighted by Crippen LogP contribution is 2.21. The van der Waals surface area contributed by atoms with Gasteiger partial charge in [0.15, 0.2) is 0 Å². The van der Waals surface area contributed by atoms with Crippen molar-refractivity contribution < 1.29 is 8.42 Å². The number of hydrogen-bond acceptors (Lipinski definition) is 2. The number of nitrogens with one attached hydrogen (secondary N) is 1. The molecule has 0 amide bonds. The van der Waals surface area contributed by atoms with E-state index in [4.69, 9.17) is 0 Å². The van der Waals surface area contributed by atoms with Crippen LogP contribution in [0.5, 0.6) is 0 Å². The average Bonchev–Trinajstić information content (AvgIpc) is 2.24. The fourth-order valence-corrected chi connectivity index (χ4v) is 3.02. The predicted octanol–water partition coefficient (Wildman–Crippen LogP) is 2.08. The van der Waals surface area contributed by atoms with E-state index in [2.05, 4.69) is 11.6 Å². The second-order valence-corrected chi connectivity index (χ2v) is 5.96. The standard InChI is InChI=1S/C12H17NO2S/c1-2-10-6-8-12(9-7-10)16(14,15)13-11-4-3-5-11/h6-9,11,13H,2-5H2,1H3. The van der Waals surface area contributed by atoms with E-state index >= 15 is 0 Å². The molecule has 0 saturated heterocycles. The van der Waals surface area contributed by atoms with Gasteiger partial charge in [0.25, 0.3) is 0 Å². The van der Waals surface area contributed by atoms with Gasteiger partial charge < -0.3 is 0 Å². The molecular formula is C12H17NO2S. The van der Waals surface area contributed by atoms with E-state index in [1.165, 1.54) is 0 Å². The van der Waals surface area contributed by atoms with Crippen molar-refractivity contribution in [3.63, 3.8) is 0 Å². The van der Waals surface area contributed by atoms with E-state index in [1.807, 2.05) is 12.1 Å². The fourth-order valence-electron chi connectivity index (χ4n) is 1.72. The van der Waals surface area contributed by atoms with Crippen molar-refractivity contribution in [2.24, 2.45) is 0 Å². The van der Waals surface area contributed by atoms with Gasteiger partial charge in [-0.3, -0.25) is 0 Å². The SMILES string of the molecule is CCc1ccc(S(=O)(=O)NC2CCC2)cc1. The quantitative estimate of drug-likeness (QED) is 0.874. The molecule has 1 aromatic rings. The van der Waals surface area contributed by atoms with E-state index in [0.717, 1.165) is 31.2 Å². The largest absolute Gasteiger partial charge is 0.240 e. The second kappa shape index (κ2) is 4.55. The normalized spacial score (nSPS) is 17.1. The van der Waals surface area contributed by atoms with Gasteiger partial charge in [-0.05, 0) is 37.0 Å². The minimum absolute atomic E-state index is 0.149. The third kappa shape index (κ3) is 2.44. The van der Waals surface area contributed by atoms with Gasteiger partial charge in [-0.1, -0.05) is 25.5 Å². The number of benzene rings is 1. The highest BCUT2D eigenvalue weighted by Gasteiger charge is 2.24. The monoisotopic (exact) mass is 239 g/mol. The van der Waals surface area contributed by atoms with Crippen molar-refractivity contribution in [3.8, 4) is 0 Å². The van der Waals surface area contributed by atoms with Crippen LogP contribution in [0.15, 0.2) is 29.2 Å². The van der Waals surface area contributed by atoms with Gasteiger partial charge in [-0.25, -0.2) is 13.1 Å². The number of sulfonamides is 1. The summed E-state index contributed by atoms with van der Waals surface area (Å²) in [6, 6.07) is 7.25. The first-order valence-corrected chi connectivity index (χ1v) is 7.21. The number of hydrogen-bond donors (Lipinski definition) is 1. The molecule has 0 unspecified atom stereocenters. The van der Waals surface area contributed by atoms with Gasteiger partial charge in [-0.15, -0.1) is 0 Å². The van der Waals surface area contributed by atoms with Crippen LogP contribution in [0.3, 0.4) is 0 Å². The zero-order valence-corrected chi connectivity index (χ0v) is 10.3. The molecule has 3 nitrogen and oxygen atoms in total. The molecule has 2 rings (SSSR count). The van der Waals surface area contributed by atoms with E-state index in [1.54, 1.807) is 12.1 Å². The zero-order valence-electron chi connectivity index (χ0n) is 9.44. The summed E-state index contributed by atoms with van der Waals surface area (Å²) < 4.78 is 26.6. The maximum Gasteiger partial charge on any atom is 0.240 e. The van der Waals surface area contributed by atoms with Crippen molar-refractivity contribution in [2.45, 2.75) is 43.5 Å². The molecule has 0 radical (unpaired) electrons. The summed E-state index contributed by atoms with van der Waals surface area (Å²) >= 11 is 0. The van der Waals surface area contributed by atoms with Crippen molar-refractivity contribution in [1.29, 1.82) is 0 Å². The lowest BCUT2D eigenvalue weighted by Gasteiger charge is -2.26. The Kier molecular flexibility index (Phi) is 3.30. The first-order chi connectivity index (χ1) is 7.62. The molecule has 1 aliphatic rings. The second-order valence-electron chi connectivity index (χ2n) is 4.25. The molecule has 88 valence electrons. The van der Waals surface area contributed by atoms with Crippen molar-refractivity contribution in [1.82, 2.24) is 4.72 Å². The Morgan fingerprint density at radius 1 is 1.25 bits per heavy atom. The lowest BCUT2D eigenvalue weighted by atomic mass is 9.94. The molecule has 1 aromatic carbocycles. The molecule has 0 heterocycles. The summed E-state index contributed by atoms with van der Waals surface area (Å²) in [6.45, 7) is 2.05. The lowest BCUT2D eigenvalue weighted by Crippen LogP contribution is -2.39. The smallest absolute Gasteiger partial charge is 0.208 e. The van der Waals surface area contributed by atoms with Gasteiger partial charge in [0.2, 0.25) is 10.0 Å². The van der Waals surface area contributed by atoms with E-state index in [-0.39, 0.29) is 6.04 Å². The van der Waals surface area contributed by atoms with Crippen LogP contribution in [-0.2, 0) is 16.4 Å². The summed E-state index contributed by atoms with van der Waals surface area (Å²) in [4.78, 5) is 0.372. The number of rotatable bonds is 4. The summed E-state index contributed by atoms with van der Waals surface area (Å²) in [5.74, 6) is 0. The molecule has 0 bridgehead atoms. The van der Waals surface area contributed by atoms with Gasteiger partial charge in [-0.2, -0.15) is 0 Å². The summed E-state index contributed by atoms with van der Waals surface area (Å²) in [6.07, 6.45) is 3.98. The molecule has 0 aromatic heterocycles. The Hall–Kier alpha value is -0.870. The van der Waals surface area contributed by atoms with Gasteiger partial charge in [0.05, 0.1) is 4.90 Å². The van der Waals surface area contributed by atoms with Crippen molar-refractivity contribution in [3.05, 3.63) is 29.8 Å². The summed E-state index contributed by atoms with van der Waals surface area (Å²) in [5, 5.41) is 0. The fraction of sp³-hybridized carbons (Fsp3) is 0.500. The Bertz CT molecular complexity index is 446. The minimum Gasteiger partial charge on any atom is -0.208 e. The van der Waals surface area contributed by atoms with E-state index < -0.39 is 10.0 Å². The van der Waals surface area contributed by atoms with Crippen LogP contribution in [0.1, 0.15) is 31.7 Å². The van der Waals surface area contributed by atoms with Crippen LogP contribution in [-0.4, -0.2) is 14.5 Å². The topological polar surface area (TPSA) is 46.2 Å². The maximum atomic E-state index is 11.9. The third-order valence-electron chi connectivity index (χ3n) is 3.07. The lowest BCUT2D eigenvalue weighted by molar-refractivity contribution is 0.383. The molecular weight excluding hydrogens is 222 g/mol. The Balaban J connectivity index is 2.14. The summed E-state index contributed by atoms with van der Waals surface area (Å²) in [5.41, 5.74) is 1.16. The van der Waals surface area contributed by atoms with Gasteiger partial charge >= 0.3 is 0 Å². The predicted molar refractivity (Wildman–Crippen MR) is 63.8 cm³/mol. The molecule has 1 aliphatic carbocycles. The maximum absolute atomic E-state index is 11.9. The van der Waals surface area contributed by atoms with Crippen LogP contribution in [0.4, 0.5) is 0 Å². The molecule has 16 heavy (non-hydrogen) atoms. The Morgan fingerprint density at radius 2 is 1.88 bits per heavy atom. The van der Waals surface area contributed by atoms with Crippen LogP contribution < -0.4 is 4.72 Å². The van der Waals surface area contributed by atoms with Crippen LogP contribution in [0, 0.1) is 0 Å². The average molecular weight is 239 g/mol. The molecule has 1 fully saturated rings. The summed E-state index contributed by atoms with van der Waals surface area (Å²) in [7, 11) is -3.30. The Morgan fingerprint density at radius 3 is 2.31 bits per heavy atom. The van der Waals surface area contributed by atoms with E-state index in [0.29, 0.717) is 4.90 Å². The van der Waals surface area contributed by atoms with Crippen molar-refractivity contribution in [2.75, 3.05) is 0 Å². The van der Waals surface area contributed by atoms with Gasteiger partial charge in [0, 0.05) is 6.04 Å². The molecule has 1 N–H and O–H groups in total. The molecule has 4 heteroatoms.